The second-order valence-electron chi connectivity index (χ2n) is 4.31. The molecule has 0 aliphatic heterocycles. The van der Waals surface area contributed by atoms with E-state index in [1.165, 1.54) is 32.1 Å². The van der Waals surface area contributed by atoms with Crippen LogP contribution in [0.2, 0.25) is 0 Å². The first-order chi connectivity index (χ1) is 6.13. The Kier molecular flexibility index (Phi) is 4.17. The van der Waals surface area contributed by atoms with E-state index >= 15 is 0 Å². The van der Waals surface area contributed by atoms with Gasteiger partial charge in [0.15, 0.2) is 0 Å². The number of rotatable bonds is 1. The Morgan fingerprint density at radius 2 is 1.85 bits per heavy atom. The van der Waals surface area contributed by atoms with Gasteiger partial charge < -0.3 is 4.90 Å². The summed E-state index contributed by atoms with van der Waals surface area (Å²) in [6.07, 6.45) is 6.89. The van der Waals surface area contributed by atoms with Crippen molar-refractivity contribution in [3.05, 3.63) is 0 Å². The molecule has 1 rings (SSSR count). The lowest BCUT2D eigenvalue weighted by Gasteiger charge is -2.32. The van der Waals surface area contributed by atoms with Gasteiger partial charge in [-0.3, -0.25) is 0 Å². The summed E-state index contributed by atoms with van der Waals surface area (Å²) in [7, 11) is 2.15. The molecule has 0 amide bonds. The van der Waals surface area contributed by atoms with Crippen LogP contribution < -0.4 is 0 Å². The molecular formula is C11H21NS. The van der Waals surface area contributed by atoms with Gasteiger partial charge in [-0.1, -0.05) is 38.4 Å². The Morgan fingerprint density at radius 3 is 2.46 bits per heavy atom. The van der Waals surface area contributed by atoms with E-state index in [1.807, 2.05) is 6.92 Å². The van der Waals surface area contributed by atoms with E-state index in [4.69, 9.17) is 12.2 Å². The molecule has 76 valence electrons. The maximum absolute atomic E-state index is 5.22. The number of hydrogen-bond acceptors (Lipinski definition) is 1. The van der Waals surface area contributed by atoms with Gasteiger partial charge in [0.05, 0.1) is 4.99 Å². The smallest absolute Gasteiger partial charge is 0.0747 e. The Bertz CT molecular complexity index is 179. The first-order valence-corrected chi connectivity index (χ1v) is 5.77. The monoisotopic (exact) mass is 199 g/mol. The predicted molar refractivity (Wildman–Crippen MR) is 62.1 cm³/mol. The standard InChI is InChI=1S/C11H21NS/c1-9-7-5-4-6-8-11(9)12(3)10(2)13/h9,11H,4-8H2,1-3H3. The largest absolute Gasteiger partial charge is 0.366 e. The van der Waals surface area contributed by atoms with Gasteiger partial charge in [0.25, 0.3) is 0 Å². The lowest BCUT2D eigenvalue weighted by Crippen LogP contribution is -2.38. The molecule has 1 saturated carbocycles. The number of thiocarbonyl (C=S) groups is 1. The topological polar surface area (TPSA) is 3.24 Å². The van der Waals surface area contributed by atoms with Crippen molar-refractivity contribution in [1.29, 1.82) is 0 Å². The highest BCUT2D eigenvalue weighted by molar-refractivity contribution is 7.80. The number of hydrogen-bond donors (Lipinski definition) is 0. The second-order valence-corrected chi connectivity index (χ2v) is 4.90. The van der Waals surface area contributed by atoms with Crippen molar-refractivity contribution in [2.24, 2.45) is 5.92 Å². The molecule has 0 bridgehead atoms. The van der Waals surface area contributed by atoms with Crippen LogP contribution in [0.3, 0.4) is 0 Å². The molecule has 0 aromatic carbocycles. The third kappa shape index (κ3) is 2.94. The van der Waals surface area contributed by atoms with Crippen molar-refractivity contribution in [2.75, 3.05) is 7.05 Å². The third-order valence-electron chi connectivity index (χ3n) is 3.31. The van der Waals surface area contributed by atoms with Gasteiger partial charge in [0.2, 0.25) is 0 Å². The molecule has 2 unspecified atom stereocenters. The Hall–Kier alpha value is -0.110. The minimum atomic E-state index is 0.694. The highest BCUT2D eigenvalue weighted by atomic mass is 32.1. The van der Waals surface area contributed by atoms with Crippen molar-refractivity contribution in [2.45, 2.75) is 52.0 Å². The van der Waals surface area contributed by atoms with Crippen LogP contribution in [0, 0.1) is 5.92 Å². The normalized spacial score (nSPS) is 29.5. The molecule has 1 fully saturated rings. The van der Waals surface area contributed by atoms with Crippen LogP contribution in [-0.4, -0.2) is 23.0 Å². The maximum Gasteiger partial charge on any atom is 0.0747 e. The van der Waals surface area contributed by atoms with Gasteiger partial charge in [-0.2, -0.15) is 0 Å². The van der Waals surface area contributed by atoms with E-state index in [0.29, 0.717) is 6.04 Å². The zero-order valence-electron chi connectivity index (χ0n) is 9.05. The third-order valence-corrected chi connectivity index (χ3v) is 3.60. The van der Waals surface area contributed by atoms with E-state index in [0.717, 1.165) is 10.9 Å². The summed E-state index contributed by atoms with van der Waals surface area (Å²) in [4.78, 5) is 3.34. The first kappa shape index (κ1) is 11.0. The van der Waals surface area contributed by atoms with Crippen molar-refractivity contribution >= 4 is 17.2 Å². The molecule has 1 aliphatic rings. The fourth-order valence-electron chi connectivity index (χ4n) is 2.28. The summed E-state index contributed by atoms with van der Waals surface area (Å²) >= 11 is 5.22. The van der Waals surface area contributed by atoms with Crippen LogP contribution in [0.15, 0.2) is 0 Å². The van der Waals surface area contributed by atoms with Crippen LogP contribution in [0.5, 0.6) is 0 Å². The molecule has 0 heterocycles. The summed E-state index contributed by atoms with van der Waals surface area (Å²) in [6, 6.07) is 0.694. The number of nitrogens with zero attached hydrogens (tertiary/aromatic N) is 1. The minimum absolute atomic E-state index is 0.694. The molecule has 0 aromatic heterocycles. The summed E-state index contributed by atoms with van der Waals surface area (Å²) in [6.45, 7) is 4.40. The molecule has 1 nitrogen and oxygen atoms in total. The van der Waals surface area contributed by atoms with Crippen LogP contribution in [0.25, 0.3) is 0 Å². The SMILES string of the molecule is CC(=S)N(C)C1CCCCCC1C. The lowest BCUT2D eigenvalue weighted by molar-refractivity contribution is 0.260. The Morgan fingerprint density at radius 1 is 1.23 bits per heavy atom. The Balaban J connectivity index is 2.58. The van der Waals surface area contributed by atoms with Gasteiger partial charge in [-0.05, 0) is 25.7 Å². The van der Waals surface area contributed by atoms with E-state index in [9.17, 15) is 0 Å². The molecule has 2 atom stereocenters. The zero-order valence-corrected chi connectivity index (χ0v) is 9.86. The van der Waals surface area contributed by atoms with E-state index < -0.39 is 0 Å². The highest BCUT2D eigenvalue weighted by Gasteiger charge is 2.23. The minimum Gasteiger partial charge on any atom is -0.366 e. The van der Waals surface area contributed by atoms with Gasteiger partial charge >= 0.3 is 0 Å². The fraction of sp³-hybridized carbons (Fsp3) is 0.909. The second kappa shape index (κ2) is 4.94. The summed E-state index contributed by atoms with van der Waals surface area (Å²) in [5, 5.41) is 0. The molecule has 0 aromatic rings. The van der Waals surface area contributed by atoms with Crippen molar-refractivity contribution in [3.8, 4) is 0 Å². The molecule has 2 heteroatoms. The van der Waals surface area contributed by atoms with Crippen LogP contribution in [0.4, 0.5) is 0 Å². The van der Waals surface area contributed by atoms with Crippen molar-refractivity contribution < 1.29 is 0 Å². The van der Waals surface area contributed by atoms with Crippen molar-refractivity contribution in [1.82, 2.24) is 4.90 Å². The molecular weight excluding hydrogens is 178 g/mol. The fourth-order valence-corrected chi connectivity index (χ4v) is 2.42. The van der Waals surface area contributed by atoms with Gasteiger partial charge in [-0.15, -0.1) is 0 Å². The summed E-state index contributed by atoms with van der Waals surface area (Å²) < 4.78 is 0. The van der Waals surface area contributed by atoms with Crippen LogP contribution in [-0.2, 0) is 0 Å². The quantitative estimate of drug-likeness (QED) is 0.471. The summed E-state index contributed by atoms with van der Waals surface area (Å²) in [5.74, 6) is 0.811. The predicted octanol–water partition coefficient (Wildman–Crippen LogP) is 3.23. The van der Waals surface area contributed by atoms with Gasteiger partial charge in [0, 0.05) is 13.1 Å². The molecule has 0 N–H and O–H groups in total. The summed E-state index contributed by atoms with van der Waals surface area (Å²) in [5.41, 5.74) is 0. The molecule has 1 aliphatic carbocycles. The maximum atomic E-state index is 5.22. The van der Waals surface area contributed by atoms with Crippen molar-refractivity contribution in [3.63, 3.8) is 0 Å². The van der Waals surface area contributed by atoms with Crippen LogP contribution >= 0.6 is 12.2 Å². The van der Waals surface area contributed by atoms with E-state index in [2.05, 4.69) is 18.9 Å². The Labute approximate surface area is 87.5 Å². The van der Waals surface area contributed by atoms with Crippen LogP contribution in [0.1, 0.15) is 46.0 Å². The molecule has 13 heavy (non-hydrogen) atoms. The zero-order chi connectivity index (χ0) is 9.84. The molecule has 0 radical (unpaired) electrons. The van der Waals surface area contributed by atoms with Gasteiger partial charge in [-0.25, -0.2) is 0 Å². The molecule has 0 spiro atoms. The van der Waals surface area contributed by atoms with E-state index in [-0.39, 0.29) is 0 Å². The van der Waals surface area contributed by atoms with Gasteiger partial charge in [0.1, 0.15) is 0 Å². The van der Waals surface area contributed by atoms with E-state index in [1.54, 1.807) is 0 Å². The average Bonchev–Trinajstić information content (AvgIpc) is 2.28. The highest BCUT2D eigenvalue weighted by Crippen LogP contribution is 2.26. The first-order valence-electron chi connectivity index (χ1n) is 5.36. The lowest BCUT2D eigenvalue weighted by atomic mass is 9.96. The average molecular weight is 199 g/mol. The molecule has 0 saturated heterocycles.